The van der Waals surface area contributed by atoms with Crippen LogP contribution in [0.1, 0.15) is 5.56 Å². The molecule has 0 aromatic heterocycles. The van der Waals surface area contributed by atoms with E-state index in [-0.39, 0.29) is 0 Å². The molecule has 1 aromatic rings. The van der Waals surface area contributed by atoms with Crippen LogP contribution >= 0.6 is 11.6 Å². The summed E-state index contributed by atoms with van der Waals surface area (Å²) in [5.41, 5.74) is 6.84. The van der Waals surface area contributed by atoms with Crippen LogP contribution in [0.15, 0.2) is 30.3 Å². The Morgan fingerprint density at radius 3 is 2.43 bits per heavy atom. The van der Waals surface area contributed by atoms with Crippen molar-refractivity contribution < 1.29 is 0 Å². The first-order valence-corrected chi connectivity index (χ1v) is 5.42. The second kappa shape index (κ2) is 6.82. The van der Waals surface area contributed by atoms with E-state index in [0.29, 0.717) is 12.4 Å². The topological polar surface area (TPSA) is 29.3 Å². The van der Waals surface area contributed by atoms with Crippen molar-refractivity contribution in [2.75, 3.05) is 25.5 Å². The van der Waals surface area contributed by atoms with Crippen LogP contribution in [-0.4, -0.2) is 30.4 Å². The Kier molecular flexibility index (Phi) is 5.60. The zero-order valence-electron chi connectivity index (χ0n) is 8.32. The van der Waals surface area contributed by atoms with E-state index in [2.05, 4.69) is 29.2 Å². The van der Waals surface area contributed by atoms with Gasteiger partial charge in [0.05, 0.1) is 0 Å². The number of nitrogens with two attached hydrogens (primary N) is 1. The molecule has 0 heterocycles. The number of alkyl halides is 1. The van der Waals surface area contributed by atoms with Crippen LogP contribution in [0.4, 0.5) is 0 Å². The first-order chi connectivity index (χ1) is 6.86. The van der Waals surface area contributed by atoms with E-state index in [0.717, 1.165) is 19.6 Å². The third kappa shape index (κ3) is 4.09. The zero-order chi connectivity index (χ0) is 10.2. The van der Waals surface area contributed by atoms with Gasteiger partial charge in [0.2, 0.25) is 0 Å². The van der Waals surface area contributed by atoms with Gasteiger partial charge in [-0.25, -0.2) is 0 Å². The second-order valence-electron chi connectivity index (χ2n) is 3.24. The molecule has 0 aliphatic rings. The van der Waals surface area contributed by atoms with Gasteiger partial charge in [-0.3, -0.25) is 4.90 Å². The molecule has 1 rings (SSSR count). The minimum absolute atomic E-state index is 0.660. The number of nitrogens with zero attached hydrogens (tertiary/aromatic N) is 1. The highest BCUT2D eigenvalue weighted by Gasteiger charge is 2.03. The minimum Gasteiger partial charge on any atom is -0.329 e. The molecule has 0 spiro atoms. The summed E-state index contributed by atoms with van der Waals surface area (Å²) in [7, 11) is 0. The summed E-state index contributed by atoms with van der Waals surface area (Å²) in [6.07, 6.45) is 0. The molecule has 0 atom stereocenters. The van der Waals surface area contributed by atoms with Gasteiger partial charge in [-0.15, -0.1) is 11.6 Å². The van der Waals surface area contributed by atoms with Crippen LogP contribution in [0.3, 0.4) is 0 Å². The molecule has 1 aromatic carbocycles. The fourth-order valence-electron chi connectivity index (χ4n) is 1.41. The number of hydrogen-bond donors (Lipinski definition) is 1. The van der Waals surface area contributed by atoms with Crippen molar-refractivity contribution >= 4 is 11.6 Å². The van der Waals surface area contributed by atoms with Crippen molar-refractivity contribution in [2.24, 2.45) is 5.73 Å². The predicted octanol–water partition coefficient (Wildman–Crippen LogP) is 1.69. The summed E-state index contributed by atoms with van der Waals surface area (Å²) in [6, 6.07) is 10.4. The molecule has 0 aliphatic heterocycles. The average molecular weight is 213 g/mol. The first-order valence-electron chi connectivity index (χ1n) is 4.89. The third-order valence-corrected chi connectivity index (χ3v) is 2.26. The highest BCUT2D eigenvalue weighted by Crippen LogP contribution is 2.03. The first kappa shape index (κ1) is 11.5. The van der Waals surface area contributed by atoms with E-state index < -0.39 is 0 Å². The van der Waals surface area contributed by atoms with E-state index in [1.165, 1.54) is 5.56 Å². The second-order valence-corrected chi connectivity index (χ2v) is 3.62. The van der Waals surface area contributed by atoms with Gasteiger partial charge in [-0.05, 0) is 5.56 Å². The molecule has 14 heavy (non-hydrogen) atoms. The van der Waals surface area contributed by atoms with Crippen LogP contribution < -0.4 is 5.73 Å². The number of benzene rings is 1. The summed E-state index contributed by atoms with van der Waals surface area (Å²) in [5, 5.41) is 0. The molecule has 0 fully saturated rings. The van der Waals surface area contributed by atoms with Crippen LogP contribution in [0, 0.1) is 0 Å². The third-order valence-electron chi connectivity index (χ3n) is 2.10. The molecule has 0 saturated carbocycles. The Morgan fingerprint density at radius 2 is 1.86 bits per heavy atom. The van der Waals surface area contributed by atoms with E-state index in [4.69, 9.17) is 17.3 Å². The van der Waals surface area contributed by atoms with Crippen molar-refractivity contribution in [3.05, 3.63) is 35.9 Å². The largest absolute Gasteiger partial charge is 0.329 e. The summed E-state index contributed by atoms with van der Waals surface area (Å²) in [5.74, 6) is 0.660. The summed E-state index contributed by atoms with van der Waals surface area (Å²) < 4.78 is 0. The quantitative estimate of drug-likeness (QED) is 0.728. The van der Waals surface area contributed by atoms with Crippen molar-refractivity contribution in [1.29, 1.82) is 0 Å². The standard InChI is InChI=1S/C11H17ClN2/c12-6-8-14(9-7-13)10-11-4-2-1-3-5-11/h1-5H,6-10,13H2. The maximum Gasteiger partial charge on any atom is 0.0351 e. The lowest BCUT2D eigenvalue weighted by atomic mass is 10.2. The lowest BCUT2D eigenvalue weighted by molar-refractivity contribution is 0.290. The summed E-state index contributed by atoms with van der Waals surface area (Å²) >= 11 is 5.72. The van der Waals surface area contributed by atoms with Gasteiger partial charge >= 0.3 is 0 Å². The Bertz CT molecular complexity index is 232. The van der Waals surface area contributed by atoms with Gasteiger partial charge in [0.1, 0.15) is 0 Å². The molecule has 2 nitrogen and oxygen atoms in total. The lowest BCUT2D eigenvalue weighted by Gasteiger charge is -2.20. The fraction of sp³-hybridized carbons (Fsp3) is 0.455. The molecule has 0 radical (unpaired) electrons. The Balaban J connectivity index is 2.46. The summed E-state index contributed by atoms with van der Waals surface area (Å²) in [6.45, 7) is 3.42. The Hall–Kier alpha value is -0.570. The van der Waals surface area contributed by atoms with E-state index in [9.17, 15) is 0 Å². The Morgan fingerprint density at radius 1 is 1.14 bits per heavy atom. The highest BCUT2D eigenvalue weighted by atomic mass is 35.5. The van der Waals surface area contributed by atoms with Gasteiger partial charge in [0, 0.05) is 32.1 Å². The maximum absolute atomic E-state index is 5.72. The van der Waals surface area contributed by atoms with Crippen LogP contribution in [0.25, 0.3) is 0 Å². The van der Waals surface area contributed by atoms with Gasteiger partial charge in [-0.1, -0.05) is 30.3 Å². The molecule has 78 valence electrons. The normalized spacial score (nSPS) is 10.8. The van der Waals surface area contributed by atoms with Crippen LogP contribution in [-0.2, 0) is 6.54 Å². The van der Waals surface area contributed by atoms with Crippen molar-refractivity contribution in [1.82, 2.24) is 4.90 Å². The number of rotatable bonds is 6. The molecule has 0 bridgehead atoms. The van der Waals surface area contributed by atoms with E-state index in [1.54, 1.807) is 0 Å². The Labute approximate surface area is 90.7 Å². The van der Waals surface area contributed by atoms with E-state index >= 15 is 0 Å². The van der Waals surface area contributed by atoms with Crippen LogP contribution in [0.5, 0.6) is 0 Å². The molecule has 0 saturated heterocycles. The molecule has 2 N–H and O–H groups in total. The molecular formula is C11H17ClN2. The van der Waals surface area contributed by atoms with Crippen molar-refractivity contribution in [3.8, 4) is 0 Å². The highest BCUT2D eigenvalue weighted by molar-refractivity contribution is 6.18. The molecular weight excluding hydrogens is 196 g/mol. The molecule has 0 unspecified atom stereocenters. The monoisotopic (exact) mass is 212 g/mol. The van der Waals surface area contributed by atoms with Crippen molar-refractivity contribution in [3.63, 3.8) is 0 Å². The number of halogens is 1. The van der Waals surface area contributed by atoms with E-state index in [1.807, 2.05) is 6.07 Å². The van der Waals surface area contributed by atoms with Crippen LogP contribution in [0.2, 0.25) is 0 Å². The maximum atomic E-state index is 5.72. The van der Waals surface area contributed by atoms with Crippen molar-refractivity contribution in [2.45, 2.75) is 6.54 Å². The van der Waals surface area contributed by atoms with Gasteiger partial charge in [0.15, 0.2) is 0 Å². The smallest absolute Gasteiger partial charge is 0.0351 e. The van der Waals surface area contributed by atoms with Gasteiger partial charge in [0.25, 0.3) is 0 Å². The summed E-state index contributed by atoms with van der Waals surface area (Å²) in [4.78, 5) is 2.27. The SMILES string of the molecule is NCCN(CCCl)Cc1ccccc1. The fourth-order valence-corrected chi connectivity index (χ4v) is 1.65. The minimum atomic E-state index is 0.660. The predicted molar refractivity (Wildman–Crippen MR) is 61.5 cm³/mol. The molecule has 3 heteroatoms. The lowest BCUT2D eigenvalue weighted by Crippen LogP contribution is -2.30. The van der Waals surface area contributed by atoms with Gasteiger partial charge in [-0.2, -0.15) is 0 Å². The van der Waals surface area contributed by atoms with Gasteiger partial charge < -0.3 is 5.73 Å². The zero-order valence-corrected chi connectivity index (χ0v) is 9.08. The average Bonchev–Trinajstić information content (AvgIpc) is 2.20. The molecule has 0 amide bonds. The number of hydrogen-bond acceptors (Lipinski definition) is 2. The molecule has 0 aliphatic carbocycles.